The first-order chi connectivity index (χ1) is 9.65. The fraction of sp³-hybridized carbons (Fsp3) is 0.200. The van der Waals surface area contributed by atoms with Gasteiger partial charge < -0.3 is 5.11 Å². The van der Waals surface area contributed by atoms with Crippen LogP contribution >= 0.6 is 23.4 Å². The molecule has 1 unspecified atom stereocenters. The Kier molecular flexibility index (Phi) is 5.44. The molecule has 0 amide bonds. The average molecular weight is 308 g/mol. The number of nitrogens with zero attached hydrogens (tertiary/aromatic N) is 1. The summed E-state index contributed by atoms with van der Waals surface area (Å²) in [6.07, 6.45) is 2.14. The lowest BCUT2D eigenvalue weighted by Crippen LogP contribution is -2.19. The number of thioether (sulfide) groups is 1. The summed E-state index contributed by atoms with van der Waals surface area (Å²) in [4.78, 5) is 15.2. The topological polar surface area (TPSA) is 50.2 Å². The Morgan fingerprint density at radius 2 is 2.00 bits per heavy atom. The zero-order chi connectivity index (χ0) is 14.4. The van der Waals surface area contributed by atoms with E-state index in [2.05, 4.69) is 4.98 Å². The van der Waals surface area contributed by atoms with Gasteiger partial charge in [-0.05, 0) is 29.7 Å². The molecule has 1 heterocycles. The Morgan fingerprint density at radius 3 is 2.65 bits per heavy atom. The molecule has 2 rings (SSSR count). The van der Waals surface area contributed by atoms with E-state index in [1.165, 1.54) is 11.8 Å². The van der Waals surface area contributed by atoms with Gasteiger partial charge >= 0.3 is 5.97 Å². The highest BCUT2D eigenvalue weighted by atomic mass is 35.5. The molecular formula is C15H14ClNO2S. The number of aliphatic carboxylic acids is 1. The van der Waals surface area contributed by atoms with Gasteiger partial charge in [-0.15, -0.1) is 11.8 Å². The number of hydrogen-bond donors (Lipinski definition) is 1. The summed E-state index contributed by atoms with van der Waals surface area (Å²) in [7, 11) is 0. The Hall–Kier alpha value is -1.52. The maximum Gasteiger partial charge on any atom is 0.316 e. The van der Waals surface area contributed by atoms with E-state index in [1.807, 2.05) is 36.4 Å². The van der Waals surface area contributed by atoms with Gasteiger partial charge in [-0.3, -0.25) is 4.79 Å². The second kappa shape index (κ2) is 7.31. The normalized spacial score (nSPS) is 12.1. The zero-order valence-corrected chi connectivity index (χ0v) is 12.3. The van der Waals surface area contributed by atoms with E-state index >= 15 is 0 Å². The number of hydrogen-bond acceptors (Lipinski definition) is 3. The quantitative estimate of drug-likeness (QED) is 0.827. The monoisotopic (exact) mass is 307 g/mol. The Labute approximate surface area is 127 Å². The lowest BCUT2D eigenvalue weighted by molar-refractivity contribution is -0.136. The molecular weight excluding hydrogens is 294 g/mol. The van der Waals surface area contributed by atoms with Crippen LogP contribution in [0.1, 0.15) is 11.1 Å². The van der Waals surface area contributed by atoms with Crippen LogP contribution in [-0.2, 0) is 17.0 Å². The molecule has 5 heteroatoms. The van der Waals surface area contributed by atoms with Crippen molar-refractivity contribution in [2.24, 2.45) is 0 Å². The molecule has 0 aliphatic carbocycles. The lowest BCUT2D eigenvalue weighted by atomic mass is 10.1. The largest absolute Gasteiger partial charge is 0.480 e. The Balaban J connectivity index is 1.98. The van der Waals surface area contributed by atoms with Crippen molar-refractivity contribution in [3.05, 3.63) is 64.9 Å². The van der Waals surface area contributed by atoms with Crippen molar-refractivity contribution in [3.8, 4) is 0 Å². The third-order valence-corrected chi connectivity index (χ3v) is 4.26. The van der Waals surface area contributed by atoms with Crippen LogP contribution < -0.4 is 0 Å². The SMILES string of the molecule is O=C(O)C(Cc1ccccc1)SCc1ccnc(Cl)c1. The number of benzene rings is 1. The van der Waals surface area contributed by atoms with Gasteiger partial charge in [0.05, 0.1) is 0 Å². The van der Waals surface area contributed by atoms with Crippen molar-refractivity contribution in [3.63, 3.8) is 0 Å². The van der Waals surface area contributed by atoms with Crippen molar-refractivity contribution in [1.29, 1.82) is 0 Å². The van der Waals surface area contributed by atoms with Crippen molar-refractivity contribution >= 4 is 29.3 Å². The predicted octanol–water partition coefficient (Wildman–Crippen LogP) is 3.66. The van der Waals surface area contributed by atoms with E-state index in [4.69, 9.17) is 11.6 Å². The van der Waals surface area contributed by atoms with E-state index in [9.17, 15) is 9.90 Å². The summed E-state index contributed by atoms with van der Waals surface area (Å²) >= 11 is 7.22. The number of carboxylic acids is 1. The number of aromatic nitrogens is 1. The molecule has 0 aliphatic rings. The van der Waals surface area contributed by atoms with Crippen LogP contribution in [0, 0.1) is 0 Å². The van der Waals surface area contributed by atoms with Gasteiger partial charge in [0.1, 0.15) is 10.4 Å². The second-order valence-electron chi connectivity index (χ2n) is 4.31. The lowest BCUT2D eigenvalue weighted by Gasteiger charge is -2.12. The van der Waals surface area contributed by atoms with Gasteiger partial charge in [-0.25, -0.2) is 4.98 Å². The van der Waals surface area contributed by atoms with Crippen molar-refractivity contribution in [2.75, 3.05) is 0 Å². The van der Waals surface area contributed by atoms with Crippen LogP contribution in [0.3, 0.4) is 0 Å². The summed E-state index contributed by atoms with van der Waals surface area (Å²) in [5, 5.41) is 9.27. The van der Waals surface area contributed by atoms with Crippen LogP contribution in [-0.4, -0.2) is 21.3 Å². The van der Waals surface area contributed by atoms with E-state index in [1.54, 1.807) is 12.3 Å². The van der Waals surface area contributed by atoms with Crippen LogP contribution in [0.15, 0.2) is 48.7 Å². The molecule has 20 heavy (non-hydrogen) atoms. The average Bonchev–Trinajstić information content (AvgIpc) is 2.44. The molecule has 1 aromatic carbocycles. The number of pyridine rings is 1. The fourth-order valence-corrected chi connectivity index (χ4v) is 3.00. The highest BCUT2D eigenvalue weighted by Crippen LogP contribution is 2.22. The summed E-state index contributed by atoms with van der Waals surface area (Å²) in [6, 6.07) is 13.3. The number of carbonyl (C=O) groups is 1. The Bertz CT molecular complexity index is 577. The minimum atomic E-state index is -0.793. The molecule has 1 atom stereocenters. The van der Waals surface area contributed by atoms with Gasteiger partial charge in [0.25, 0.3) is 0 Å². The van der Waals surface area contributed by atoms with Crippen LogP contribution in [0.4, 0.5) is 0 Å². The molecule has 0 fully saturated rings. The fourth-order valence-electron chi connectivity index (χ4n) is 1.77. The first-order valence-corrected chi connectivity index (χ1v) is 7.56. The van der Waals surface area contributed by atoms with E-state index in [-0.39, 0.29) is 0 Å². The number of rotatable bonds is 6. The molecule has 2 aromatic rings. The van der Waals surface area contributed by atoms with Gasteiger partial charge in [0.15, 0.2) is 0 Å². The predicted molar refractivity (Wildman–Crippen MR) is 82.1 cm³/mol. The molecule has 104 valence electrons. The molecule has 0 saturated carbocycles. The van der Waals surface area contributed by atoms with Gasteiger partial charge in [0.2, 0.25) is 0 Å². The molecule has 3 nitrogen and oxygen atoms in total. The molecule has 0 saturated heterocycles. The van der Waals surface area contributed by atoms with Crippen LogP contribution in [0.25, 0.3) is 0 Å². The summed E-state index contributed by atoms with van der Waals surface area (Å²) in [6.45, 7) is 0. The molecule has 0 radical (unpaired) electrons. The summed E-state index contributed by atoms with van der Waals surface area (Å²) < 4.78 is 0. The van der Waals surface area contributed by atoms with Gasteiger partial charge in [0, 0.05) is 11.9 Å². The standard InChI is InChI=1S/C15H14ClNO2S/c16-14-9-12(6-7-17-14)10-20-13(15(18)19)8-11-4-2-1-3-5-11/h1-7,9,13H,8,10H2,(H,18,19). The molecule has 0 bridgehead atoms. The van der Waals surface area contributed by atoms with E-state index < -0.39 is 11.2 Å². The first kappa shape index (κ1) is 14.9. The minimum Gasteiger partial charge on any atom is -0.480 e. The highest BCUT2D eigenvalue weighted by molar-refractivity contribution is 7.99. The molecule has 0 spiro atoms. The van der Waals surface area contributed by atoms with E-state index in [0.717, 1.165) is 11.1 Å². The highest BCUT2D eigenvalue weighted by Gasteiger charge is 2.18. The summed E-state index contributed by atoms with van der Waals surface area (Å²) in [5.74, 6) is -0.189. The van der Waals surface area contributed by atoms with Crippen LogP contribution in [0.2, 0.25) is 5.15 Å². The molecule has 1 aromatic heterocycles. The van der Waals surface area contributed by atoms with Crippen molar-refractivity contribution in [1.82, 2.24) is 4.98 Å². The molecule has 1 N–H and O–H groups in total. The maximum atomic E-state index is 11.3. The number of halogens is 1. The van der Waals surface area contributed by atoms with Gasteiger partial charge in [-0.1, -0.05) is 41.9 Å². The number of carboxylic acid groups (broad SMARTS) is 1. The van der Waals surface area contributed by atoms with Crippen LogP contribution in [0.5, 0.6) is 0 Å². The smallest absolute Gasteiger partial charge is 0.316 e. The van der Waals surface area contributed by atoms with Crippen molar-refractivity contribution in [2.45, 2.75) is 17.4 Å². The Morgan fingerprint density at radius 1 is 1.25 bits per heavy atom. The van der Waals surface area contributed by atoms with E-state index in [0.29, 0.717) is 17.3 Å². The minimum absolute atomic E-state index is 0.429. The summed E-state index contributed by atoms with van der Waals surface area (Å²) in [5.41, 5.74) is 2.01. The second-order valence-corrected chi connectivity index (χ2v) is 5.89. The van der Waals surface area contributed by atoms with Gasteiger partial charge in [-0.2, -0.15) is 0 Å². The van der Waals surface area contributed by atoms with Crippen molar-refractivity contribution < 1.29 is 9.90 Å². The third-order valence-electron chi connectivity index (χ3n) is 2.78. The third kappa shape index (κ3) is 4.54. The zero-order valence-electron chi connectivity index (χ0n) is 10.7. The molecule has 0 aliphatic heterocycles. The maximum absolute atomic E-state index is 11.3. The first-order valence-electron chi connectivity index (χ1n) is 6.14.